The summed E-state index contributed by atoms with van der Waals surface area (Å²) >= 11 is 0. The van der Waals surface area contributed by atoms with Gasteiger partial charge in [0.05, 0.1) is 55.8 Å². The van der Waals surface area contributed by atoms with Crippen molar-refractivity contribution in [3.8, 4) is 11.3 Å². The molecule has 0 aromatic carbocycles. The SMILES string of the molecule is Cc1nc2ccc(-c3c(F)cn4nc(N[C@@H]5CCN(C6COC6)CC5(F)F)nc(N)c34)nc2n1CCF. The molecule has 6 heterocycles. The van der Waals surface area contributed by atoms with Crippen LogP contribution in [0.1, 0.15) is 12.2 Å². The summed E-state index contributed by atoms with van der Waals surface area (Å²) in [7, 11) is 0. The number of piperidine rings is 1. The third-order valence-corrected chi connectivity index (χ3v) is 7.03. The Kier molecular flexibility index (Phi) is 5.67. The topological polar surface area (TPSA) is 111 Å². The summed E-state index contributed by atoms with van der Waals surface area (Å²) in [6.45, 7) is 2.21. The minimum absolute atomic E-state index is 0.0173. The lowest BCUT2D eigenvalue weighted by molar-refractivity contribution is -0.131. The molecule has 2 aliphatic heterocycles. The van der Waals surface area contributed by atoms with Gasteiger partial charge in [-0.3, -0.25) is 4.90 Å². The number of nitrogens with zero attached hydrogens (tertiary/aromatic N) is 7. The first-order valence-electron chi connectivity index (χ1n) is 12.0. The molecule has 0 aliphatic carbocycles. The van der Waals surface area contributed by atoms with Gasteiger partial charge in [0.1, 0.15) is 23.5 Å². The van der Waals surface area contributed by atoms with E-state index in [1.807, 2.05) is 0 Å². The predicted molar refractivity (Wildman–Crippen MR) is 128 cm³/mol. The maximum atomic E-state index is 15.2. The van der Waals surface area contributed by atoms with E-state index in [1.165, 1.54) is 4.52 Å². The Morgan fingerprint density at radius 2 is 2.03 bits per heavy atom. The fourth-order valence-electron chi connectivity index (χ4n) is 5.04. The van der Waals surface area contributed by atoms with E-state index in [-0.39, 0.29) is 47.5 Å². The summed E-state index contributed by atoms with van der Waals surface area (Å²) in [6.07, 6.45) is 1.27. The van der Waals surface area contributed by atoms with E-state index < -0.39 is 31.0 Å². The zero-order valence-corrected chi connectivity index (χ0v) is 20.0. The molecule has 6 rings (SSSR count). The van der Waals surface area contributed by atoms with Gasteiger partial charge in [-0.1, -0.05) is 0 Å². The zero-order valence-electron chi connectivity index (χ0n) is 20.0. The number of rotatable bonds is 6. The second-order valence-corrected chi connectivity index (χ2v) is 9.41. The molecule has 196 valence electrons. The Morgan fingerprint density at radius 3 is 2.73 bits per heavy atom. The molecule has 0 unspecified atom stereocenters. The van der Waals surface area contributed by atoms with Crippen LogP contribution in [0.4, 0.5) is 29.3 Å². The lowest BCUT2D eigenvalue weighted by Crippen LogP contribution is -2.61. The van der Waals surface area contributed by atoms with Crippen LogP contribution < -0.4 is 11.1 Å². The van der Waals surface area contributed by atoms with Crippen molar-refractivity contribution >= 4 is 28.4 Å². The fourth-order valence-corrected chi connectivity index (χ4v) is 5.04. The molecular weight excluding hydrogens is 494 g/mol. The molecule has 14 heteroatoms. The van der Waals surface area contributed by atoms with Crippen LogP contribution in [0.15, 0.2) is 18.3 Å². The fraction of sp³-hybridized carbons (Fsp3) is 0.478. The number of nitrogens with one attached hydrogen (secondary N) is 1. The van der Waals surface area contributed by atoms with Gasteiger partial charge >= 0.3 is 0 Å². The largest absolute Gasteiger partial charge is 0.382 e. The van der Waals surface area contributed by atoms with Crippen molar-refractivity contribution in [2.45, 2.75) is 37.9 Å². The van der Waals surface area contributed by atoms with Gasteiger partial charge in [0.25, 0.3) is 5.92 Å². The second kappa shape index (κ2) is 8.80. The van der Waals surface area contributed by atoms with E-state index in [0.29, 0.717) is 36.7 Å². The van der Waals surface area contributed by atoms with Gasteiger partial charge in [0.15, 0.2) is 17.3 Å². The van der Waals surface area contributed by atoms with Crippen LogP contribution in [-0.4, -0.2) is 85.0 Å². The minimum atomic E-state index is -3.03. The lowest BCUT2D eigenvalue weighted by atomic mass is 9.98. The number of alkyl halides is 3. The molecule has 3 N–H and O–H groups in total. The zero-order chi connectivity index (χ0) is 25.9. The summed E-state index contributed by atoms with van der Waals surface area (Å²) in [6, 6.07) is 2.06. The van der Waals surface area contributed by atoms with E-state index in [9.17, 15) is 13.2 Å². The number of aromatic nitrogens is 6. The average molecular weight is 520 g/mol. The quantitative estimate of drug-likeness (QED) is 0.374. The van der Waals surface area contributed by atoms with Crippen molar-refractivity contribution < 1.29 is 22.3 Å². The molecule has 1 atom stereocenters. The van der Waals surface area contributed by atoms with Crippen molar-refractivity contribution in [2.24, 2.45) is 0 Å². The smallest absolute Gasteiger partial charge is 0.280 e. The standard InChI is InChI=1S/C23H25F4N9O/c1-12-29-16-3-2-15(30-21(16)35(12)7-5-24)18-14(25)8-36-19(18)20(28)32-22(33-36)31-17-4-6-34(11-23(17,26)27)13-9-37-10-13/h2-3,8,13,17H,4-7,9-11H2,1H3,(H3,28,31,32,33)/t17-/m1/s1. The highest BCUT2D eigenvalue weighted by atomic mass is 19.3. The number of pyridine rings is 1. The molecule has 4 aromatic rings. The van der Waals surface area contributed by atoms with Crippen LogP contribution in [0.2, 0.25) is 0 Å². The number of likely N-dealkylation sites (tertiary alicyclic amines) is 1. The van der Waals surface area contributed by atoms with Crippen LogP contribution in [0.3, 0.4) is 0 Å². The highest BCUT2D eigenvalue weighted by Crippen LogP contribution is 2.34. The van der Waals surface area contributed by atoms with Crippen LogP contribution >= 0.6 is 0 Å². The number of nitrogens with two attached hydrogens (primary N) is 1. The highest BCUT2D eigenvalue weighted by molar-refractivity contribution is 5.89. The highest BCUT2D eigenvalue weighted by Gasteiger charge is 2.47. The number of halogens is 4. The Balaban J connectivity index is 1.32. The van der Waals surface area contributed by atoms with Gasteiger partial charge < -0.3 is 20.4 Å². The molecule has 2 saturated heterocycles. The van der Waals surface area contributed by atoms with Crippen molar-refractivity contribution in [1.29, 1.82) is 0 Å². The van der Waals surface area contributed by atoms with E-state index in [1.54, 1.807) is 28.5 Å². The Bertz CT molecular complexity index is 1480. The molecule has 4 aromatic heterocycles. The molecule has 0 radical (unpaired) electrons. The lowest BCUT2D eigenvalue weighted by Gasteiger charge is -2.44. The van der Waals surface area contributed by atoms with Crippen molar-refractivity contribution in [1.82, 2.24) is 34.0 Å². The first-order valence-corrected chi connectivity index (χ1v) is 12.0. The molecule has 37 heavy (non-hydrogen) atoms. The summed E-state index contributed by atoms with van der Waals surface area (Å²) in [5.41, 5.74) is 7.58. The summed E-state index contributed by atoms with van der Waals surface area (Å²) in [4.78, 5) is 14.8. The third-order valence-electron chi connectivity index (χ3n) is 7.03. The van der Waals surface area contributed by atoms with Crippen molar-refractivity contribution in [3.05, 3.63) is 30.0 Å². The number of hydrogen-bond acceptors (Lipinski definition) is 8. The van der Waals surface area contributed by atoms with Crippen LogP contribution in [0.25, 0.3) is 27.9 Å². The molecule has 0 bridgehead atoms. The number of anilines is 2. The Hall–Kier alpha value is -3.52. The van der Waals surface area contributed by atoms with Crippen molar-refractivity contribution in [2.75, 3.05) is 44.0 Å². The second-order valence-electron chi connectivity index (χ2n) is 9.41. The maximum absolute atomic E-state index is 15.2. The third kappa shape index (κ3) is 4.03. The molecule has 10 nitrogen and oxygen atoms in total. The first-order chi connectivity index (χ1) is 17.7. The van der Waals surface area contributed by atoms with Gasteiger partial charge in [0, 0.05) is 6.54 Å². The van der Waals surface area contributed by atoms with E-state index in [2.05, 4.69) is 25.4 Å². The van der Waals surface area contributed by atoms with E-state index in [0.717, 1.165) is 6.20 Å². The number of nitrogen functional groups attached to an aromatic ring is 1. The van der Waals surface area contributed by atoms with Crippen LogP contribution in [-0.2, 0) is 11.3 Å². The number of fused-ring (bicyclic) bond motifs is 2. The van der Waals surface area contributed by atoms with Gasteiger partial charge in [-0.15, -0.1) is 5.10 Å². The molecule has 2 fully saturated rings. The molecular formula is C23H25F4N9O. The summed E-state index contributed by atoms with van der Waals surface area (Å²) < 4.78 is 66.0. The Labute approximate surface area is 208 Å². The minimum Gasteiger partial charge on any atom is -0.382 e. The van der Waals surface area contributed by atoms with Crippen LogP contribution in [0, 0.1) is 12.7 Å². The van der Waals surface area contributed by atoms with Gasteiger partial charge in [-0.25, -0.2) is 32.0 Å². The molecule has 2 aliphatic rings. The molecule has 0 spiro atoms. The maximum Gasteiger partial charge on any atom is 0.280 e. The van der Waals surface area contributed by atoms with Gasteiger partial charge in [0.2, 0.25) is 5.95 Å². The monoisotopic (exact) mass is 519 g/mol. The number of imidazole rings is 1. The molecule has 0 amide bonds. The summed E-state index contributed by atoms with van der Waals surface area (Å²) in [5, 5.41) is 6.91. The number of aryl methyl sites for hydroxylation is 2. The number of hydrogen-bond donors (Lipinski definition) is 2. The van der Waals surface area contributed by atoms with Gasteiger partial charge in [-0.05, 0) is 25.5 Å². The predicted octanol–water partition coefficient (Wildman–Crippen LogP) is 2.66. The van der Waals surface area contributed by atoms with E-state index in [4.69, 9.17) is 10.5 Å². The number of ether oxygens (including phenoxy) is 1. The summed E-state index contributed by atoms with van der Waals surface area (Å²) in [5.74, 6) is -3.34. The van der Waals surface area contributed by atoms with Crippen LogP contribution in [0.5, 0.6) is 0 Å². The van der Waals surface area contributed by atoms with Gasteiger partial charge in [-0.2, -0.15) is 4.98 Å². The average Bonchev–Trinajstić information content (AvgIpc) is 3.30. The molecule has 0 saturated carbocycles. The van der Waals surface area contributed by atoms with E-state index >= 15 is 4.39 Å². The normalized spacial score (nSPS) is 20.5. The Morgan fingerprint density at radius 1 is 1.22 bits per heavy atom. The van der Waals surface area contributed by atoms with Crippen molar-refractivity contribution in [3.63, 3.8) is 0 Å². The first kappa shape index (κ1) is 23.9.